The van der Waals surface area contributed by atoms with Gasteiger partial charge >= 0.3 is 0 Å². The first-order valence-electron chi connectivity index (χ1n) is 4.82. The van der Waals surface area contributed by atoms with E-state index in [9.17, 15) is 0 Å². The van der Waals surface area contributed by atoms with E-state index in [1.807, 2.05) is 26.0 Å². The van der Waals surface area contributed by atoms with Gasteiger partial charge in [0.1, 0.15) is 0 Å². The maximum absolute atomic E-state index is 6.15. The van der Waals surface area contributed by atoms with Crippen molar-refractivity contribution in [3.63, 3.8) is 0 Å². The summed E-state index contributed by atoms with van der Waals surface area (Å²) in [7, 11) is 0. The number of pyridine rings is 2. The van der Waals surface area contributed by atoms with Crippen molar-refractivity contribution >= 4 is 23.2 Å². The summed E-state index contributed by atoms with van der Waals surface area (Å²) in [5, 5.41) is 1.28. The van der Waals surface area contributed by atoms with Crippen LogP contribution in [0.3, 0.4) is 0 Å². The molecule has 0 radical (unpaired) electrons. The number of aryl methyl sites for hydroxylation is 2. The zero-order valence-corrected chi connectivity index (χ0v) is 10.5. The summed E-state index contributed by atoms with van der Waals surface area (Å²) in [5.41, 5.74) is 3.38. The lowest BCUT2D eigenvalue weighted by Crippen LogP contribution is -1.89. The SMILES string of the molecule is Cc1cc(Cl)c(-c2cnc(C)cc2Cl)cn1. The lowest BCUT2D eigenvalue weighted by atomic mass is 10.1. The molecule has 0 aliphatic carbocycles. The van der Waals surface area contributed by atoms with Gasteiger partial charge in [-0.25, -0.2) is 0 Å². The van der Waals surface area contributed by atoms with E-state index in [4.69, 9.17) is 23.2 Å². The average molecular weight is 253 g/mol. The molecule has 0 spiro atoms. The Labute approximate surface area is 104 Å². The van der Waals surface area contributed by atoms with Crippen LogP contribution < -0.4 is 0 Å². The lowest BCUT2D eigenvalue weighted by molar-refractivity contribution is 1.18. The van der Waals surface area contributed by atoms with Crippen LogP contribution in [-0.4, -0.2) is 9.97 Å². The summed E-state index contributed by atoms with van der Waals surface area (Å²) in [6, 6.07) is 3.63. The number of hydrogen-bond acceptors (Lipinski definition) is 2. The van der Waals surface area contributed by atoms with Crippen LogP contribution in [0.15, 0.2) is 24.5 Å². The van der Waals surface area contributed by atoms with Crippen LogP contribution in [0.4, 0.5) is 0 Å². The highest BCUT2D eigenvalue weighted by molar-refractivity contribution is 6.36. The van der Waals surface area contributed by atoms with Gasteiger partial charge < -0.3 is 0 Å². The Hall–Kier alpha value is -1.12. The van der Waals surface area contributed by atoms with Crippen LogP contribution in [-0.2, 0) is 0 Å². The number of hydrogen-bond donors (Lipinski definition) is 0. The molecule has 4 heteroatoms. The predicted molar refractivity (Wildman–Crippen MR) is 67.0 cm³/mol. The highest BCUT2D eigenvalue weighted by atomic mass is 35.5. The van der Waals surface area contributed by atoms with E-state index in [-0.39, 0.29) is 0 Å². The minimum Gasteiger partial charge on any atom is -0.261 e. The molecule has 0 unspecified atom stereocenters. The Morgan fingerprint density at radius 2 is 1.19 bits per heavy atom. The Balaban J connectivity index is 2.59. The minimum absolute atomic E-state index is 0.639. The molecule has 0 bridgehead atoms. The summed E-state index contributed by atoms with van der Waals surface area (Å²) >= 11 is 12.3. The maximum atomic E-state index is 6.15. The van der Waals surface area contributed by atoms with E-state index in [1.54, 1.807) is 12.4 Å². The van der Waals surface area contributed by atoms with E-state index in [0.29, 0.717) is 10.0 Å². The molecule has 0 aromatic carbocycles. The van der Waals surface area contributed by atoms with Gasteiger partial charge in [-0.3, -0.25) is 9.97 Å². The third kappa shape index (κ3) is 2.18. The standard InChI is InChI=1S/C12H10Cl2N2/c1-7-3-11(13)9(5-15-7)10-6-16-8(2)4-12(10)14/h3-6H,1-2H3. The zero-order chi connectivity index (χ0) is 11.7. The molecule has 0 N–H and O–H groups in total. The van der Waals surface area contributed by atoms with E-state index in [2.05, 4.69) is 9.97 Å². The molecule has 2 heterocycles. The van der Waals surface area contributed by atoms with Gasteiger partial charge in [0.05, 0.1) is 10.0 Å². The van der Waals surface area contributed by atoms with E-state index in [1.165, 1.54) is 0 Å². The molecule has 2 nitrogen and oxygen atoms in total. The fraction of sp³-hybridized carbons (Fsp3) is 0.167. The van der Waals surface area contributed by atoms with Gasteiger partial charge in [0.15, 0.2) is 0 Å². The summed E-state index contributed by atoms with van der Waals surface area (Å²) < 4.78 is 0. The van der Waals surface area contributed by atoms with Gasteiger partial charge in [-0.1, -0.05) is 23.2 Å². The first-order chi connectivity index (χ1) is 7.58. The fourth-order valence-corrected chi connectivity index (χ4v) is 2.07. The van der Waals surface area contributed by atoms with Gasteiger partial charge in [-0.2, -0.15) is 0 Å². The summed E-state index contributed by atoms with van der Waals surface area (Å²) in [5.74, 6) is 0. The predicted octanol–water partition coefficient (Wildman–Crippen LogP) is 4.07. The number of rotatable bonds is 1. The second-order valence-corrected chi connectivity index (χ2v) is 4.43. The van der Waals surface area contributed by atoms with Crippen molar-refractivity contribution in [2.75, 3.05) is 0 Å². The van der Waals surface area contributed by atoms with Gasteiger partial charge in [0.2, 0.25) is 0 Å². The van der Waals surface area contributed by atoms with Crippen molar-refractivity contribution in [1.82, 2.24) is 9.97 Å². The lowest BCUT2D eigenvalue weighted by Gasteiger charge is -2.07. The van der Waals surface area contributed by atoms with E-state index < -0.39 is 0 Å². The highest BCUT2D eigenvalue weighted by Crippen LogP contribution is 2.32. The minimum atomic E-state index is 0.639. The Kier molecular flexibility index (Phi) is 3.13. The monoisotopic (exact) mass is 252 g/mol. The van der Waals surface area contributed by atoms with Crippen molar-refractivity contribution in [3.8, 4) is 11.1 Å². The molecular weight excluding hydrogens is 243 g/mol. The largest absolute Gasteiger partial charge is 0.261 e. The Bertz CT molecular complexity index is 489. The van der Waals surface area contributed by atoms with Crippen molar-refractivity contribution in [3.05, 3.63) is 46.0 Å². The number of nitrogens with zero attached hydrogens (tertiary/aromatic N) is 2. The van der Waals surface area contributed by atoms with Crippen LogP contribution >= 0.6 is 23.2 Å². The van der Waals surface area contributed by atoms with Crippen LogP contribution in [0.5, 0.6) is 0 Å². The van der Waals surface area contributed by atoms with Gasteiger partial charge in [0.25, 0.3) is 0 Å². The number of halogens is 2. The van der Waals surface area contributed by atoms with Crippen LogP contribution in [0, 0.1) is 13.8 Å². The topological polar surface area (TPSA) is 25.8 Å². The van der Waals surface area contributed by atoms with Gasteiger partial charge in [0, 0.05) is 34.9 Å². The van der Waals surface area contributed by atoms with Gasteiger partial charge in [-0.05, 0) is 26.0 Å². The second kappa shape index (κ2) is 4.40. The van der Waals surface area contributed by atoms with Crippen molar-refractivity contribution in [2.24, 2.45) is 0 Å². The Morgan fingerprint density at radius 3 is 1.50 bits per heavy atom. The summed E-state index contributed by atoms with van der Waals surface area (Å²) in [6.07, 6.45) is 3.44. The quantitative estimate of drug-likeness (QED) is 0.765. The molecule has 16 heavy (non-hydrogen) atoms. The van der Waals surface area contributed by atoms with Gasteiger partial charge in [-0.15, -0.1) is 0 Å². The third-order valence-corrected chi connectivity index (χ3v) is 2.90. The summed E-state index contributed by atoms with van der Waals surface area (Å²) in [6.45, 7) is 3.79. The highest BCUT2D eigenvalue weighted by Gasteiger charge is 2.09. The fourth-order valence-electron chi connectivity index (χ4n) is 1.45. The third-order valence-electron chi connectivity index (χ3n) is 2.27. The van der Waals surface area contributed by atoms with Crippen LogP contribution in [0.1, 0.15) is 11.4 Å². The average Bonchev–Trinajstić information content (AvgIpc) is 2.19. The van der Waals surface area contributed by atoms with E-state index in [0.717, 1.165) is 22.5 Å². The maximum Gasteiger partial charge on any atom is 0.0518 e. The molecule has 0 saturated heterocycles. The van der Waals surface area contributed by atoms with E-state index >= 15 is 0 Å². The molecular formula is C12H10Cl2N2. The second-order valence-electron chi connectivity index (χ2n) is 3.61. The summed E-state index contributed by atoms with van der Waals surface area (Å²) in [4.78, 5) is 8.42. The Morgan fingerprint density at radius 1 is 0.812 bits per heavy atom. The van der Waals surface area contributed by atoms with Crippen LogP contribution in [0.25, 0.3) is 11.1 Å². The van der Waals surface area contributed by atoms with Crippen molar-refractivity contribution < 1.29 is 0 Å². The molecule has 2 aromatic heterocycles. The van der Waals surface area contributed by atoms with Crippen molar-refractivity contribution in [1.29, 1.82) is 0 Å². The molecule has 0 aliphatic rings. The molecule has 0 atom stereocenters. The molecule has 2 rings (SSSR count). The first kappa shape index (κ1) is 11.4. The van der Waals surface area contributed by atoms with Crippen LogP contribution in [0.2, 0.25) is 10.0 Å². The first-order valence-corrected chi connectivity index (χ1v) is 5.58. The smallest absolute Gasteiger partial charge is 0.0518 e. The molecule has 0 fully saturated rings. The molecule has 2 aromatic rings. The normalized spacial score (nSPS) is 10.5. The molecule has 0 amide bonds. The van der Waals surface area contributed by atoms with Crippen molar-refractivity contribution in [2.45, 2.75) is 13.8 Å². The molecule has 0 aliphatic heterocycles. The molecule has 82 valence electrons. The molecule has 0 saturated carbocycles. The number of aromatic nitrogens is 2. The zero-order valence-electron chi connectivity index (χ0n) is 8.96.